The van der Waals surface area contributed by atoms with Gasteiger partial charge in [0.15, 0.2) is 0 Å². The first-order valence-corrected chi connectivity index (χ1v) is 6.45. The highest BCUT2D eigenvalue weighted by Gasteiger charge is 2.32. The number of aliphatic hydroxyl groups excluding tert-OH is 1. The molecule has 1 N–H and O–H groups in total. The Morgan fingerprint density at radius 1 is 0.929 bits per heavy atom. The molecule has 3 unspecified atom stereocenters. The van der Waals surface area contributed by atoms with E-state index in [1.54, 1.807) is 0 Å². The molecule has 0 bridgehead atoms. The minimum atomic E-state index is 0.0280. The second kappa shape index (κ2) is 4.65. The Kier molecular flexibility index (Phi) is 3.48. The van der Waals surface area contributed by atoms with Crippen molar-refractivity contribution >= 4 is 0 Å². The average molecular weight is 196 g/mol. The van der Waals surface area contributed by atoms with Gasteiger partial charge in [0.2, 0.25) is 0 Å². The first-order chi connectivity index (χ1) is 6.77. The van der Waals surface area contributed by atoms with Gasteiger partial charge in [-0.2, -0.15) is 0 Å². The van der Waals surface area contributed by atoms with Crippen LogP contribution in [0.3, 0.4) is 0 Å². The Hall–Kier alpha value is -0.0400. The Bertz CT molecular complexity index is 172. The van der Waals surface area contributed by atoms with E-state index in [4.69, 9.17) is 0 Å². The lowest BCUT2D eigenvalue weighted by molar-refractivity contribution is 0.0262. The van der Waals surface area contributed by atoms with E-state index in [0.29, 0.717) is 11.8 Å². The van der Waals surface area contributed by atoms with Gasteiger partial charge in [-0.25, -0.2) is 0 Å². The summed E-state index contributed by atoms with van der Waals surface area (Å²) in [6.45, 7) is 2.34. The maximum atomic E-state index is 10.3. The van der Waals surface area contributed by atoms with Gasteiger partial charge in [0.1, 0.15) is 0 Å². The van der Waals surface area contributed by atoms with E-state index in [0.717, 1.165) is 5.92 Å². The third-order valence-electron chi connectivity index (χ3n) is 4.34. The fourth-order valence-electron chi connectivity index (χ4n) is 3.48. The van der Waals surface area contributed by atoms with Crippen LogP contribution in [0.15, 0.2) is 0 Å². The van der Waals surface area contributed by atoms with Crippen LogP contribution in [-0.2, 0) is 0 Å². The molecule has 0 aliphatic heterocycles. The molecule has 82 valence electrons. The molecule has 2 fully saturated rings. The van der Waals surface area contributed by atoms with Crippen molar-refractivity contribution in [3.05, 3.63) is 0 Å². The Morgan fingerprint density at radius 3 is 2.21 bits per heavy atom. The van der Waals surface area contributed by atoms with Crippen molar-refractivity contribution in [3.63, 3.8) is 0 Å². The van der Waals surface area contributed by atoms with Crippen LogP contribution in [0.5, 0.6) is 0 Å². The topological polar surface area (TPSA) is 20.2 Å². The van der Waals surface area contributed by atoms with E-state index in [2.05, 4.69) is 6.92 Å². The lowest BCUT2D eigenvalue weighted by atomic mass is 9.76. The molecule has 14 heavy (non-hydrogen) atoms. The van der Waals surface area contributed by atoms with Gasteiger partial charge >= 0.3 is 0 Å². The second-order valence-electron chi connectivity index (χ2n) is 5.57. The normalized spacial score (nSPS) is 37.3. The zero-order chi connectivity index (χ0) is 9.97. The van der Waals surface area contributed by atoms with Crippen LogP contribution < -0.4 is 0 Å². The highest BCUT2D eigenvalue weighted by molar-refractivity contribution is 4.83. The van der Waals surface area contributed by atoms with Crippen molar-refractivity contribution in [3.8, 4) is 0 Å². The molecule has 2 aliphatic carbocycles. The summed E-state index contributed by atoms with van der Waals surface area (Å²) in [4.78, 5) is 0. The summed E-state index contributed by atoms with van der Waals surface area (Å²) in [5, 5.41) is 10.3. The molecular formula is C13H24O. The molecule has 2 aliphatic rings. The average Bonchev–Trinajstić information content (AvgIpc) is 2.69. The molecule has 2 saturated carbocycles. The zero-order valence-corrected chi connectivity index (χ0v) is 9.41. The highest BCUT2D eigenvalue weighted by atomic mass is 16.3. The maximum Gasteiger partial charge on any atom is 0.0596 e. The van der Waals surface area contributed by atoms with Crippen LogP contribution in [0, 0.1) is 17.8 Å². The summed E-state index contributed by atoms with van der Waals surface area (Å²) < 4.78 is 0. The van der Waals surface area contributed by atoms with Gasteiger partial charge in [-0.15, -0.1) is 0 Å². The summed E-state index contributed by atoms with van der Waals surface area (Å²) in [5.74, 6) is 2.12. The summed E-state index contributed by atoms with van der Waals surface area (Å²) in [7, 11) is 0. The van der Waals surface area contributed by atoms with Crippen molar-refractivity contribution in [1.29, 1.82) is 0 Å². The third kappa shape index (κ3) is 2.31. The predicted octanol–water partition coefficient (Wildman–Crippen LogP) is 3.36. The van der Waals surface area contributed by atoms with Crippen LogP contribution in [-0.4, -0.2) is 11.2 Å². The molecule has 0 saturated heterocycles. The molecule has 0 aromatic carbocycles. The standard InChI is InChI=1S/C13H24O/c1-10-5-4-8-12(9-10)13(14)11-6-2-3-7-11/h10-14H,2-9H2,1H3. The monoisotopic (exact) mass is 196 g/mol. The van der Waals surface area contributed by atoms with Crippen LogP contribution in [0.4, 0.5) is 0 Å². The third-order valence-corrected chi connectivity index (χ3v) is 4.34. The SMILES string of the molecule is CC1CCCC(C(O)C2CCCC2)C1. The van der Waals surface area contributed by atoms with Crippen LogP contribution in [0.25, 0.3) is 0 Å². The fourth-order valence-corrected chi connectivity index (χ4v) is 3.48. The Balaban J connectivity index is 1.86. The lowest BCUT2D eigenvalue weighted by Crippen LogP contribution is -2.31. The molecule has 0 spiro atoms. The van der Waals surface area contributed by atoms with E-state index in [1.165, 1.54) is 51.4 Å². The summed E-state index contributed by atoms with van der Waals surface area (Å²) in [5.41, 5.74) is 0. The van der Waals surface area contributed by atoms with Crippen LogP contribution in [0.2, 0.25) is 0 Å². The van der Waals surface area contributed by atoms with Crippen LogP contribution in [0.1, 0.15) is 58.3 Å². The fraction of sp³-hybridized carbons (Fsp3) is 1.00. The molecule has 1 heteroatoms. The zero-order valence-electron chi connectivity index (χ0n) is 9.41. The minimum Gasteiger partial charge on any atom is -0.393 e. The van der Waals surface area contributed by atoms with Gasteiger partial charge in [-0.3, -0.25) is 0 Å². The van der Waals surface area contributed by atoms with Crippen molar-refractivity contribution in [1.82, 2.24) is 0 Å². The van der Waals surface area contributed by atoms with E-state index in [-0.39, 0.29) is 6.10 Å². The van der Waals surface area contributed by atoms with Gasteiger partial charge in [-0.1, -0.05) is 32.6 Å². The van der Waals surface area contributed by atoms with E-state index >= 15 is 0 Å². The smallest absolute Gasteiger partial charge is 0.0596 e. The second-order valence-corrected chi connectivity index (χ2v) is 5.57. The molecule has 3 atom stereocenters. The molecule has 0 aromatic rings. The molecule has 1 nitrogen and oxygen atoms in total. The minimum absolute atomic E-state index is 0.0280. The van der Waals surface area contributed by atoms with E-state index in [1.807, 2.05) is 0 Å². The summed E-state index contributed by atoms with van der Waals surface area (Å²) in [6.07, 6.45) is 10.6. The molecular weight excluding hydrogens is 172 g/mol. The van der Waals surface area contributed by atoms with Gasteiger partial charge in [0.25, 0.3) is 0 Å². The number of rotatable bonds is 2. The first kappa shape index (κ1) is 10.5. The lowest BCUT2D eigenvalue weighted by Gasteiger charge is -2.33. The predicted molar refractivity (Wildman–Crippen MR) is 59.1 cm³/mol. The van der Waals surface area contributed by atoms with E-state index in [9.17, 15) is 5.11 Å². The van der Waals surface area contributed by atoms with E-state index < -0.39 is 0 Å². The quantitative estimate of drug-likeness (QED) is 0.718. The Labute approximate surface area is 87.9 Å². The van der Waals surface area contributed by atoms with Crippen molar-refractivity contribution in [2.45, 2.75) is 64.4 Å². The maximum absolute atomic E-state index is 10.3. The first-order valence-electron chi connectivity index (χ1n) is 6.45. The van der Waals surface area contributed by atoms with Gasteiger partial charge in [0.05, 0.1) is 6.10 Å². The van der Waals surface area contributed by atoms with Crippen molar-refractivity contribution < 1.29 is 5.11 Å². The Morgan fingerprint density at radius 2 is 1.57 bits per heavy atom. The summed E-state index contributed by atoms with van der Waals surface area (Å²) >= 11 is 0. The van der Waals surface area contributed by atoms with Gasteiger partial charge in [0, 0.05) is 0 Å². The molecule has 2 rings (SSSR count). The molecule has 0 aromatic heterocycles. The number of aliphatic hydroxyl groups is 1. The number of hydrogen-bond acceptors (Lipinski definition) is 1. The molecule has 0 heterocycles. The summed E-state index contributed by atoms with van der Waals surface area (Å²) in [6, 6.07) is 0. The van der Waals surface area contributed by atoms with Crippen molar-refractivity contribution in [2.24, 2.45) is 17.8 Å². The molecule has 0 radical (unpaired) electrons. The van der Waals surface area contributed by atoms with Gasteiger partial charge in [-0.05, 0) is 43.4 Å². The number of hydrogen-bond donors (Lipinski definition) is 1. The van der Waals surface area contributed by atoms with Crippen LogP contribution >= 0.6 is 0 Å². The molecule has 0 amide bonds. The largest absolute Gasteiger partial charge is 0.393 e. The van der Waals surface area contributed by atoms with Gasteiger partial charge < -0.3 is 5.11 Å². The van der Waals surface area contributed by atoms with Crippen molar-refractivity contribution in [2.75, 3.05) is 0 Å². The highest BCUT2D eigenvalue weighted by Crippen LogP contribution is 2.37.